The molecule has 9 aromatic rings. The Kier molecular flexibility index (Phi) is 5.62. The van der Waals surface area contributed by atoms with Crippen molar-refractivity contribution in [1.82, 2.24) is 0 Å². The molecule has 0 aliphatic carbocycles. The van der Waals surface area contributed by atoms with Crippen LogP contribution in [0.4, 0.5) is 17.1 Å². The Morgan fingerprint density at radius 1 is 0.349 bits per heavy atom. The molecule has 0 fully saturated rings. The fourth-order valence-electron chi connectivity index (χ4n) is 6.36. The lowest BCUT2D eigenvalue weighted by molar-refractivity contribution is 1.29. The summed E-state index contributed by atoms with van der Waals surface area (Å²) in [6, 6.07) is 55.4. The van der Waals surface area contributed by atoms with Gasteiger partial charge >= 0.3 is 0 Å². The molecule has 2 heterocycles. The molecule has 0 unspecified atom stereocenters. The van der Waals surface area contributed by atoms with Gasteiger partial charge in [-0.15, -0.1) is 22.7 Å². The van der Waals surface area contributed by atoms with Gasteiger partial charge < -0.3 is 4.90 Å². The zero-order valence-corrected chi connectivity index (χ0v) is 24.8. The summed E-state index contributed by atoms with van der Waals surface area (Å²) < 4.78 is 5.35. The van der Waals surface area contributed by atoms with Crippen LogP contribution in [-0.4, -0.2) is 0 Å². The third kappa shape index (κ3) is 4.04. The van der Waals surface area contributed by atoms with Gasteiger partial charge in [-0.1, -0.05) is 91.0 Å². The monoisotopic (exact) mass is 583 g/mol. The number of nitrogens with zero attached hydrogens (tertiary/aromatic N) is 1. The second-order valence-electron chi connectivity index (χ2n) is 11.0. The number of hydrogen-bond acceptors (Lipinski definition) is 3. The van der Waals surface area contributed by atoms with Crippen molar-refractivity contribution in [2.75, 3.05) is 4.90 Å². The minimum atomic E-state index is 1.14. The summed E-state index contributed by atoms with van der Waals surface area (Å²) in [5.41, 5.74) is 5.90. The third-order valence-corrected chi connectivity index (χ3v) is 10.8. The maximum absolute atomic E-state index is 2.37. The first kappa shape index (κ1) is 24.6. The van der Waals surface area contributed by atoms with E-state index in [0.717, 1.165) is 17.1 Å². The first-order chi connectivity index (χ1) is 21.3. The molecular weight excluding hydrogens is 559 g/mol. The summed E-state index contributed by atoms with van der Waals surface area (Å²) in [6.07, 6.45) is 0. The predicted molar refractivity (Wildman–Crippen MR) is 190 cm³/mol. The molecule has 0 N–H and O–H groups in total. The molecule has 7 aromatic carbocycles. The van der Waals surface area contributed by atoms with E-state index in [1.165, 1.54) is 62.2 Å². The Hall–Kier alpha value is -4.96. The molecule has 43 heavy (non-hydrogen) atoms. The van der Waals surface area contributed by atoms with Crippen molar-refractivity contribution in [1.29, 1.82) is 0 Å². The van der Waals surface area contributed by atoms with Crippen molar-refractivity contribution >= 4 is 90.9 Å². The molecule has 2 aromatic heterocycles. The maximum atomic E-state index is 2.37. The highest BCUT2D eigenvalue weighted by molar-refractivity contribution is 7.26. The minimum Gasteiger partial charge on any atom is -0.310 e. The molecule has 0 saturated heterocycles. The van der Waals surface area contributed by atoms with Crippen LogP contribution in [0.15, 0.2) is 152 Å². The van der Waals surface area contributed by atoms with Gasteiger partial charge in [0.25, 0.3) is 0 Å². The van der Waals surface area contributed by atoms with Crippen LogP contribution in [0.25, 0.3) is 62.2 Å². The molecule has 202 valence electrons. The molecule has 0 aliphatic rings. The second kappa shape index (κ2) is 9.81. The van der Waals surface area contributed by atoms with E-state index in [1.54, 1.807) is 0 Å². The Bertz CT molecular complexity index is 2450. The Balaban J connectivity index is 1.15. The molecule has 0 amide bonds. The molecule has 1 nitrogen and oxygen atoms in total. The van der Waals surface area contributed by atoms with Crippen LogP contribution >= 0.6 is 22.7 Å². The van der Waals surface area contributed by atoms with E-state index in [0.29, 0.717) is 0 Å². The minimum absolute atomic E-state index is 1.14. The lowest BCUT2D eigenvalue weighted by Crippen LogP contribution is -2.09. The van der Waals surface area contributed by atoms with Gasteiger partial charge in [0, 0.05) is 62.8 Å². The summed E-state index contributed by atoms with van der Waals surface area (Å²) in [7, 11) is 0. The molecular formula is C40H25NS2. The summed E-state index contributed by atoms with van der Waals surface area (Å²) >= 11 is 3.75. The predicted octanol–water partition coefficient (Wildman–Crippen LogP) is 12.7. The summed E-state index contributed by atoms with van der Waals surface area (Å²) in [6.45, 7) is 0. The average molecular weight is 584 g/mol. The van der Waals surface area contributed by atoms with Gasteiger partial charge in [-0.3, -0.25) is 0 Å². The lowest BCUT2D eigenvalue weighted by Gasteiger charge is -2.26. The van der Waals surface area contributed by atoms with Crippen LogP contribution < -0.4 is 4.90 Å². The fraction of sp³-hybridized carbons (Fsp3) is 0. The number of hydrogen-bond donors (Lipinski definition) is 0. The van der Waals surface area contributed by atoms with E-state index in [1.807, 2.05) is 22.7 Å². The molecule has 0 atom stereocenters. The lowest BCUT2D eigenvalue weighted by atomic mass is 9.99. The summed E-state index contributed by atoms with van der Waals surface area (Å²) in [5, 5.41) is 7.91. The zero-order valence-electron chi connectivity index (χ0n) is 23.2. The SMILES string of the molecule is c1ccc(N(c2ccc(-c3ccc4ccc5c6ccccc6sc5c4c3)cc2)c2ccc3sc4ccccc4c3c2)cc1. The van der Waals surface area contributed by atoms with Gasteiger partial charge in [0.2, 0.25) is 0 Å². The van der Waals surface area contributed by atoms with Crippen molar-refractivity contribution in [2.24, 2.45) is 0 Å². The molecule has 9 rings (SSSR count). The van der Waals surface area contributed by atoms with Crippen LogP contribution in [0.1, 0.15) is 0 Å². The number of thiophene rings is 2. The smallest absolute Gasteiger partial charge is 0.0468 e. The van der Waals surface area contributed by atoms with E-state index < -0.39 is 0 Å². The van der Waals surface area contributed by atoms with Crippen molar-refractivity contribution < 1.29 is 0 Å². The van der Waals surface area contributed by atoms with Gasteiger partial charge in [0.1, 0.15) is 0 Å². The van der Waals surface area contributed by atoms with Crippen molar-refractivity contribution in [3.63, 3.8) is 0 Å². The van der Waals surface area contributed by atoms with Crippen LogP contribution in [0.5, 0.6) is 0 Å². The molecule has 0 spiro atoms. The number of para-hydroxylation sites is 1. The topological polar surface area (TPSA) is 3.24 Å². The number of benzene rings is 7. The average Bonchev–Trinajstić information content (AvgIpc) is 3.64. The number of anilines is 3. The fourth-order valence-corrected chi connectivity index (χ4v) is 8.68. The van der Waals surface area contributed by atoms with Crippen LogP contribution in [0, 0.1) is 0 Å². The quantitative estimate of drug-likeness (QED) is 0.199. The maximum Gasteiger partial charge on any atom is 0.0468 e. The van der Waals surface area contributed by atoms with Gasteiger partial charge in [-0.25, -0.2) is 0 Å². The van der Waals surface area contributed by atoms with E-state index in [4.69, 9.17) is 0 Å². The van der Waals surface area contributed by atoms with Crippen molar-refractivity contribution in [3.05, 3.63) is 152 Å². The third-order valence-electron chi connectivity index (χ3n) is 8.45. The van der Waals surface area contributed by atoms with E-state index in [2.05, 4.69) is 157 Å². The van der Waals surface area contributed by atoms with Gasteiger partial charge in [-0.05, 0) is 77.2 Å². The highest BCUT2D eigenvalue weighted by atomic mass is 32.1. The highest BCUT2D eigenvalue weighted by Gasteiger charge is 2.15. The zero-order chi connectivity index (χ0) is 28.3. The summed E-state index contributed by atoms with van der Waals surface area (Å²) in [5.74, 6) is 0. The van der Waals surface area contributed by atoms with E-state index in [9.17, 15) is 0 Å². The van der Waals surface area contributed by atoms with E-state index >= 15 is 0 Å². The molecule has 3 heteroatoms. The Morgan fingerprint density at radius 3 is 1.77 bits per heavy atom. The summed E-state index contributed by atoms with van der Waals surface area (Å²) in [4.78, 5) is 2.36. The highest BCUT2D eigenvalue weighted by Crippen LogP contribution is 2.42. The van der Waals surface area contributed by atoms with Crippen LogP contribution in [-0.2, 0) is 0 Å². The largest absolute Gasteiger partial charge is 0.310 e. The van der Waals surface area contributed by atoms with Gasteiger partial charge in [-0.2, -0.15) is 0 Å². The van der Waals surface area contributed by atoms with Gasteiger partial charge in [0.05, 0.1) is 0 Å². The molecule has 0 saturated carbocycles. The molecule has 0 bridgehead atoms. The first-order valence-electron chi connectivity index (χ1n) is 14.5. The normalized spacial score (nSPS) is 11.7. The van der Waals surface area contributed by atoms with E-state index in [-0.39, 0.29) is 0 Å². The number of fused-ring (bicyclic) bond motifs is 8. The Morgan fingerprint density at radius 2 is 0.953 bits per heavy atom. The van der Waals surface area contributed by atoms with Crippen molar-refractivity contribution in [3.8, 4) is 11.1 Å². The van der Waals surface area contributed by atoms with Crippen molar-refractivity contribution in [2.45, 2.75) is 0 Å². The molecule has 0 aliphatic heterocycles. The second-order valence-corrected chi connectivity index (χ2v) is 13.1. The van der Waals surface area contributed by atoms with Gasteiger partial charge in [0.15, 0.2) is 0 Å². The first-order valence-corrected chi connectivity index (χ1v) is 16.1. The molecule has 0 radical (unpaired) electrons. The Labute approximate surface area is 257 Å². The van der Waals surface area contributed by atoms with Crippen LogP contribution in [0.2, 0.25) is 0 Å². The van der Waals surface area contributed by atoms with Crippen LogP contribution in [0.3, 0.4) is 0 Å². The standard InChI is InChI=1S/C40H25NS2/c1-2-8-29(9-3-1)41(31-21-23-39-36(25-31)33-11-5-6-12-37(33)42-39)30-19-16-26(17-20-30)28-15-14-27-18-22-34-32-10-4-7-13-38(32)43-40(34)35(27)24-28/h1-25H. The number of rotatable bonds is 4.